The predicted molar refractivity (Wildman–Crippen MR) is 126 cm³/mol. The van der Waals surface area contributed by atoms with Crippen LogP contribution in [0.3, 0.4) is 0 Å². The number of carboxylic acids is 1. The van der Waals surface area contributed by atoms with E-state index in [0.29, 0.717) is 21.6 Å². The standard InChI is InChI=1S/C23H16Cl2N2O4S/c24-16-8-6-14(11-17(16)25)20-9-7-15(31-20)12-18-21(28)27(23(32)26-18)19(22(29)30)10-13-4-2-1-3-5-13/h1-9,11-12,19H,10H2,(H,26,32)(H,29,30)/b18-12-/t19-/m1/s1. The number of benzene rings is 2. The maximum Gasteiger partial charge on any atom is 0.327 e. The fraction of sp³-hybridized carbons (Fsp3) is 0.0870. The molecular formula is C23H16Cl2N2O4S. The van der Waals surface area contributed by atoms with E-state index in [2.05, 4.69) is 5.32 Å². The summed E-state index contributed by atoms with van der Waals surface area (Å²) < 4.78 is 5.80. The highest BCUT2D eigenvalue weighted by molar-refractivity contribution is 7.80. The molecule has 0 radical (unpaired) electrons. The quantitative estimate of drug-likeness (QED) is 0.376. The molecule has 2 aromatic carbocycles. The van der Waals surface area contributed by atoms with Crippen molar-refractivity contribution in [2.45, 2.75) is 12.5 Å². The number of carbonyl (C=O) groups excluding carboxylic acids is 1. The molecule has 3 aromatic rings. The van der Waals surface area contributed by atoms with Crippen molar-refractivity contribution in [3.05, 3.63) is 87.7 Å². The number of hydrogen-bond acceptors (Lipinski definition) is 4. The van der Waals surface area contributed by atoms with Crippen LogP contribution in [0.5, 0.6) is 0 Å². The van der Waals surface area contributed by atoms with Crippen molar-refractivity contribution < 1.29 is 19.1 Å². The summed E-state index contributed by atoms with van der Waals surface area (Å²) in [5.74, 6) is -0.757. The first kappa shape index (κ1) is 22.1. The van der Waals surface area contributed by atoms with Crippen molar-refractivity contribution in [3.63, 3.8) is 0 Å². The van der Waals surface area contributed by atoms with Gasteiger partial charge in [0.05, 0.1) is 10.0 Å². The fourth-order valence-electron chi connectivity index (χ4n) is 3.34. The van der Waals surface area contributed by atoms with Crippen molar-refractivity contribution >= 4 is 58.5 Å². The molecule has 2 N–H and O–H groups in total. The first-order valence-corrected chi connectivity index (χ1v) is 10.7. The zero-order valence-electron chi connectivity index (χ0n) is 16.4. The highest BCUT2D eigenvalue weighted by Crippen LogP contribution is 2.30. The topological polar surface area (TPSA) is 82.8 Å². The van der Waals surface area contributed by atoms with Gasteiger partial charge in [0.15, 0.2) is 5.11 Å². The second-order valence-electron chi connectivity index (χ2n) is 7.04. The molecule has 1 aliphatic heterocycles. The van der Waals surface area contributed by atoms with Gasteiger partial charge in [-0.1, -0.05) is 53.5 Å². The Morgan fingerprint density at radius 1 is 1.12 bits per heavy atom. The number of nitrogens with zero attached hydrogens (tertiary/aromatic N) is 1. The molecule has 1 amide bonds. The lowest BCUT2D eigenvalue weighted by Gasteiger charge is -2.22. The number of hydrogen-bond donors (Lipinski definition) is 2. The van der Waals surface area contributed by atoms with E-state index in [-0.39, 0.29) is 17.2 Å². The van der Waals surface area contributed by atoms with Gasteiger partial charge < -0.3 is 14.8 Å². The van der Waals surface area contributed by atoms with E-state index in [4.69, 9.17) is 39.8 Å². The normalized spacial score (nSPS) is 15.8. The molecule has 162 valence electrons. The third kappa shape index (κ3) is 4.55. The van der Waals surface area contributed by atoms with E-state index < -0.39 is 17.9 Å². The van der Waals surface area contributed by atoms with Crippen LogP contribution in [0.25, 0.3) is 17.4 Å². The van der Waals surface area contributed by atoms with Gasteiger partial charge in [-0.3, -0.25) is 9.69 Å². The number of nitrogens with one attached hydrogen (secondary N) is 1. The van der Waals surface area contributed by atoms with Gasteiger partial charge >= 0.3 is 5.97 Å². The Bertz CT molecular complexity index is 1240. The van der Waals surface area contributed by atoms with Crippen LogP contribution in [0.15, 0.2) is 70.8 Å². The van der Waals surface area contributed by atoms with Crippen LogP contribution in [0.4, 0.5) is 0 Å². The molecule has 1 aliphatic rings. The van der Waals surface area contributed by atoms with Crippen LogP contribution < -0.4 is 5.32 Å². The first-order chi connectivity index (χ1) is 15.3. The molecular weight excluding hydrogens is 471 g/mol. The molecule has 1 fully saturated rings. The summed E-state index contributed by atoms with van der Waals surface area (Å²) >= 11 is 17.3. The molecule has 9 heteroatoms. The SMILES string of the molecule is O=C(O)[C@@H](Cc1ccccc1)N1C(=O)/C(=C/c2ccc(-c3ccc(Cl)c(Cl)c3)o2)NC1=S. The van der Waals surface area contributed by atoms with E-state index in [1.807, 2.05) is 18.2 Å². The smallest absolute Gasteiger partial charge is 0.327 e. The molecule has 0 spiro atoms. The summed E-state index contributed by atoms with van der Waals surface area (Å²) in [4.78, 5) is 26.0. The maximum atomic E-state index is 13.0. The van der Waals surface area contributed by atoms with E-state index in [9.17, 15) is 14.7 Å². The van der Waals surface area contributed by atoms with Crippen LogP contribution in [0, 0.1) is 0 Å². The van der Waals surface area contributed by atoms with E-state index in [0.717, 1.165) is 16.0 Å². The second-order valence-corrected chi connectivity index (χ2v) is 8.24. The lowest BCUT2D eigenvalue weighted by atomic mass is 10.0. The maximum absolute atomic E-state index is 13.0. The van der Waals surface area contributed by atoms with Crippen molar-refractivity contribution in [2.24, 2.45) is 0 Å². The van der Waals surface area contributed by atoms with Crippen molar-refractivity contribution in [2.75, 3.05) is 0 Å². The Kier molecular flexibility index (Phi) is 6.32. The minimum Gasteiger partial charge on any atom is -0.480 e. The molecule has 0 aliphatic carbocycles. The van der Waals surface area contributed by atoms with Crippen molar-refractivity contribution in [1.29, 1.82) is 0 Å². The summed E-state index contributed by atoms with van der Waals surface area (Å²) in [5, 5.41) is 13.4. The molecule has 1 atom stereocenters. The zero-order chi connectivity index (χ0) is 22.8. The highest BCUT2D eigenvalue weighted by atomic mass is 35.5. The number of carboxylic acid groups (broad SMARTS) is 1. The van der Waals surface area contributed by atoms with Crippen LogP contribution in [-0.2, 0) is 16.0 Å². The van der Waals surface area contributed by atoms with Crippen molar-refractivity contribution in [1.82, 2.24) is 10.2 Å². The van der Waals surface area contributed by atoms with Crippen LogP contribution >= 0.6 is 35.4 Å². The number of halogens is 2. The number of aliphatic carboxylic acids is 1. The van der Waals surface area contributed by atoms with Gasteiger partial charge in [-0.15, -0.1) is 0 Å². The predicted octanol–water partition coefficient (Wildman–Crippen LogP) is 5.01. The number of thiocarbonyl (C=S) groups is 1. The second kappa shape index (κ2) is 9.16. The molecule has 0 bridgehead atoms. The van der Waals surface area contributed by atoms with Gasteiger partial charge in [0.1, 0.15) is 23.3 Å². The molecule has 0 unspecified atom stereocenters. The Morgan fingerprint density at radius 3 is 2.56 bits per heavy atom. The minimum absolute atomic E-state index is 0.0286. The van der Waals surface area contributed by atoms with E-state index in [1.165, 1.54) is 6.08 Å². The lowest BCUT2D eigenvalue weighted by molar-refractivity contribution is -0.145. The summed E-state index contributed by atoms with van der Waals surface area (Å²) in [6, 6.07) is 16.4. The number of amides is 1. The molecule has 4 rings (SSSR count). The average Bonchev–Trinajstić information content (AvgIpc) is 3.34. The summed E-state index contributed by atoms with van der Waals surface area (Å²) in [6.07, 6.45) is 1.61. The summed E-state index contributed by atoms with van der Waals surface area (Å²) in [7, 11) is 0. The monoisotopic (exact) mass is 486 g/mol. The van der Waals surface area contributed by atoms with E-state index >= 15 is 0 Å². The third-order valence-corrected chi connectivity index (χ3v) is 5.93. The summed E-state index contributed by atoms with van der Waals surface area (Å²) in [5.41, 5.74) is 1.63. The van der Waals surface area contributed by atoms with E-state index in [1.54, 1.807) is 42.5 Å². The van der Waals surface area contributed by atoms with Crippen molar-refractivity contribution in [3.8, 4) is 11.3 Å². The van der Waals surface area contributed by atoms with Crippen LogP contribution in [0.1, 0.15) is 11.3 Å². The van der Waals surface area contributed by atoms with Crippen LogP contribution in [0.2, 0.25) is 10.0 Å². The first-order valence-electron chi connectivity index (χ1n) is 9.51. The van der Waals surface area contributed by atoms with Gasteiger partial charge in [-0.25, -0.2) is 4.79 Å². The average molecular weight is 487 g/mol. The number of carbonyl (C=O) groups is 2. The minimum atomic E-state index is -1.15. The molecule has 1 aromatic heterocycles. The van der Waals surface area contributed by atoms with Gasteiger partial charge in [0.2, 0.25) is 0 Å². The van der Waals surface area contributed by atoms with Gasteiger partial charge in [-0.05, 0) is 48.1 Å². The Labute approximate surface area is 199 Å². The molecule has 32 heavy (non-hydrogen) atoms. The fourth-order valence-corrected chi connectivity index (χ4v) is 3.95. The van der Waals surface area contributed by atoms with Crippen LogP contribution in [-0.4, -0.2) is 33.0 Å². The number of rotatable bonds is 6. The molecule has 0 saturated carbocycles. The number of furan rings is 1. The zero-order valence-corrected chi connectivity index (χ0v) is 18.7. The molecule has 6 nitrogen and oxygen atoms in total. The van der Waals surface area contributed by atoms with Gasteiger partial charge in [0, 0.05) is 18.1 Å². The lowest BCUT2D eigenvalue weighted by Crippen LogP contribution is -2.46. The van der Waals surface area contributed by atoms with Gasteiger partial charge in [-0.2, -0.15) is 0 Å². The third-order valence-electron chi connectivity index (χ3n) is 4.90. The Balaban J connectivity index is 1.57. The molecule has 2 heterocycles. The Hall–Kier alpha value is -3.13. The summed E-state index contributed by atoms with van der Waals surface area (Å²) in [6.45, 7) is 0. The highest BCUT2D eigenvalue weighted by Gasteiger charge is 2.39. The largest absolute Gasteiger partial charge is 0.480 e. The molecule has 1 saturated heterocycles. The Morgan fingerprint density at radius 2 is 1.88 bits per heavy atom. The van der Waals surface area contributed by atoms with Gasteiger partial charge in [0.25, 0.3) is 5.91 Å².